The molecule has 4 aromatic heterocycles. The number of thiazole rings is 1. The number of benzene rings is 1. The van der Waals surface area contributed by atoms with Crippen LogP contribution in [0.2, 0.25) is 0 Å². The molecule has 17 nitrogen and oxygen atoms in total. The number of carbonyl (C=O) groups excluding carboxylic acids is 4. The molecule has 2 fully saturated rings. The molecule has 20 heteroatoms. The van der Waals surface area contributed by atoms with Crippen molar-refractivity contribution in [2.24, 2.45) is 11.3 Å². The van der Waals surface area contributed by atoms with Crippen LogP contribution in [0, 0.1) is 11.3 Å². The molecule has 5 atom stereocenters. The lowest BCUT2D eigenvalue weighted by atomic mass is 9.86. The van der Waals surface area contributed by atoms with E-state index in [4.69, 9.17) is 19.4 Å². The molecule has 1 saturated heterocycles. The molecule has 2 aliphatic rings. The first-order chi connectivity index (χ1) is 29.9. The number of nitrogens with zero attached hydrogens (tertiary/aromatic N) is 4. The summed E-state index contributed by atoms with van der Waals surface area (Å²) in [5, 5.41) is 11.0. The number of fused-ring (bicyclic) bond motifs is 1. The van der Waals surface area contributed by atoms with Gasteiger partial charge in [-0.15, -0.1) is 29.3 Å². The first-order valence-corrected chi connectivity index (χ1v) is 23.4. The lowest BCUT2D eigenvalue weighted by Gasteiger charge is -2.35. The summed E-state index contributed by atoms with van der Waals surface area (Å²) in [4.78, 5) is 70.9. The summed E-state index contributed by atoms with van der Waals surface area (Å²) in [6, 6.07) is 10.9. The van der Waals surface area contributed by atoms with Gasteiger partial charge in [0.05, 0.1) is 30.4 Å². The largest absolute Gasteiger partial charge is 0.497 e. The number of ether oxygens (including phenoxy) is 2. The van der Waals surface area contributed by atoms with E-state index in [1.807, 2.05) is 25.3 Å². The summed E-state index contributed by atoms with van der Waals surface area (Å²) in [6.45, 7) is 12.9. The second-order valence-electron chi connectivity index (χ2n) is 16.7. The van der Waals surface area contributed by atoms with Gasteiger partial charge in [-0.3, -0.25) is 35.0 Å². The number of aromatic nitrogens is 3. The highest BCUT2D eigenvalue weighted by Crippen LogP contribution is 2.45. The third-order valence-corrected chi connectivity index (χ3v) is 14.3. The highest BCUT2D eigenvalue weighted by atomic mass is 32.2. The van der Waals surface area contributed by atoms with Gasteiger partial charge < -0.3 is 25.0 Å². The van der Waals surface area contributed by atoms with Crippen LogP contribution in [-0.4, -0.2) is 95.3 Å². The third kappa shape index (κ3) is 9.83. The number of carbonyl (C=O) groups is 4. The lowest BCUT2D eigenvalue weighted by Crippen LogP contribution is -2.60. The van der Waals surface area contributed by atoms with Crippen LogP contribution in [0.4, 0.5) is 5.13 Å². The Balaban J connectivity index is 1.21. The molecule has 5 heterocycles. The van der Waals surface area contributed by atoms with Crippen LogP contribution >= 0.6 is 22.7 Å². The molecule has 5 aromatic rings. The molecule has 0 bridgehead atoms. The van der Waals surface area contributed by atoms with Crippen molar-refractivity contribution in [1.82, 2.24) is 40.7 Å². The van der Waals surface area contributed by atoms with Crippen molar-refractivity contribution in [3.8, 4) is 22.9 Å². The number of amides is 4. The third-order valence-electron chi connectivity index (χ3n) is 10.7. The number of likely N-dealkylation sites (tertiary alicyclic amines) is 1. The quantitative estimate of drug-likeness (QED) is 0.0699. The normalized spacial score (nSPS) is 20.2. The zero-order valence-corrected chi connectivity index (χ0v) is 37.9. The summed E-state index contributed by atoms with van der Waals surface area (Å²) < 4.78 is 42.1. The Morgan fingerprint density at radius 1 is 1.03 bits per heavy atom. The predicted octanol–water partition coefficient (Wildman–Crippen LogP) is 4.91. The van der Waals surface area contributed by atoms with E-state index in [1.165, 1.54) is 46.8 Å². The molecule has 1 saturated carbocycles. The first kappa shape index (κ1) is 45.1. The second-order valence-corrected chi connectivity index (χ2v) is 20.5. The fraction of sp³-hybridized carbons (Fsp3) is 0.372. The topological polar surface area (TPSA) is 223 Å². The van der Waals surface area contributed by atoms with Crippen LogP contribution in [0.15, 0.2) is 88.5 Å². The average molecular weight is 916 g/mol. The number of hydrazine groups is 1. The molecule has 0 spiro atoms. The van der Waals surface area contributed by atoms with Gasteiger partial charge >= 0.3 is 0 Å². The highest BCUT2D eigenvalue weighted by molar-refractivity contribution is 7.91. The smallest absolute Gasteiger partial charge is 0.271 e. The Bertz CT molecular complexity index is 2630. The maximum Gasteiger partial charge on any atom is 0.271 e. The maximum atomic E-state index is 14.9. The molecule has 0 radical (unpaired) electrons. The number of nitrogens with one attached hydrogen (secondary N) is 5. The number of hydrogen-bond donors (Lipinski definition) is 5. The van der Waals surface area contributed by atoms with Gasteiger partial charge in [0, 0.05) is 53.7 Å². The predicted molar refractivity (Wildman–Crippen MR) is 240 cm³/mol. The number of thiophene rings is 1. The first-order valence-electron chi connectivity index (χ1n) is 20.1. The number of sulfonamides is 1. The monoisotopic (exact) mass is 915 g/mol. The fourth-order valence-electron chi connectivity index (χ4n) is 7.32. The summed E-state index contributed by atoms with van der Waals surface area (Å²) in [6.07, 6.45) is 3.71. The van der Waals surface area contributed by atoms with E-state index in [-0.39, 0.29) is 35.2 Å². The Hall–Kier alpha value is -5.96. The lowest BCUT2D eigenvalue weighted by molar-refractivity contribution is -0.142. The standard InChI is InChI=1S/C43H49N9O8S3/c1-8-26-20-43(26,40(56)50-49-37(53)25-11-9-15-44-21-25)48-38(54)33-18-28(22-52(33)39(55)36(42(4,5)6)51-63(57,58)35-12-10-16-61-35)60-34-19-31(32-23-62-41(47-32)45-24(2)3)46-30-17-27(59-7)13-14-29(30)34/h8-17,19,21,23-24,26,28,33,36,51H,1,18,20,22H2,2-7H3,(H,45,47)(H,48,54)(H,49,53)(H,50,56)/t26-,28-,33+,36-,43+/m1/s1. The second kappa shape index (κ2) is 18.0. The Labute approximate surface area is 373 Å². The molecule has 7 rings (SSSR count). The highest BCUT2D eigenvalue weighted by Gasteiger charge is 2.61. The maximum absolute atomic E-state index is 14.9. The molecule has 0 unspecified atom stereocenters. The Morgan fingerprint density at radius 3 is 2.48 bits per heavy atom. The van der Waals surface area contributed by atoms with E-state index in [1.54, 1.807) is 63.6 Å². The van der Waals surface area contributed by atoms with Gasteiger partial charge in [0.1, 0.15) is 45.1 Å². The van der Waals surface area contributed by atoms with E-state index in [0.29, 0.717) is 38.9 Å². The van der Waals surface area contributed by atoms with E-state index in [0.717, 1.165) is 11.3 Å². The molecule has 1 aromatic carbocycles. The molecule has 4 amide bonds. The zero-order valence-electron chi connectivity index (χ0n) is 35.5. The van der Waals surface area contributed by atoms with Crippen molar-refractivity contribution in [3.63, 3.8) is 0 Å². The number of pyridine rings is 2. The summed E-state index contributed by atoms with van der Waals surface area (Å²) in [5.74, 6) is -2.19. The summed E-state index contributed by atoms with van der Waals surface area (Å²) >= 11 is 2.44. The molecule has 1 aliphatic carbocycles. The van der Waals surface area contributed by atoms with Gasteiger partial charge in [0.25, 0.3) is 21.8 Å². The fourth-order valence-corrected chi connectivity index (χ4v) is 10.6. The number of methoxy groups -OCH3 is 1. The van der Waals surface area contributed by atoms with Gasteiger partial charge in [-0.05, 0) is 61.4 Å². The molecular formula is C43H49N9O8S3. The van der Waals surface area contributed by atoms with Crippen molar-refractivity contribution >= 4 is 72.4 Å². The molecule has 5 N–H and O–H groups in total. The number of hydrogen-bond acceptors (Lipinski definition) is 14. The van der Waals surface area contributed by atoms with Gasteiger partial charge in [-0.25, -0.2) is 18.4 Å². The molecule has 63 heavy (non-hydrogen) atoms. The van der Waals surface area contributed by atoms with Crippen LogP contribution < -0.4 is 35.7 Å². The minimum Gasteiger partial charge on any atom is -0.497 e. The van der Waals surface area contributed by atoms with E-state index < -0.39 is 68.7 Å². The minimum atomic E-state index is -4.15. The van der Waals surface area contributed by atoms with E-state index in [2.05, 4.69) is 37.8 Å². The van der Waals surface area contributed by atoms with Crippen molar-refractivity contribution in [1.29, 1.82) is 0 Å². The van der Waals surface area contributed by atoms with Crippen LogP contribution in [0.25, 0.3) is 22.3 Å². The van der Waals surface area contributed by atoms with Crippen molar-refractivity contribution < 1.29 is 37.1 Å². The molecule has 1 aliphatic heterocycles. The Morgan fingerprint density at radius 2 is 1.83 bits per heavy atom. The average Bonchev–Trinajstić information content (AvgIpc) is 3.72. The van der Waals surface area contributed by atoms with Gasteiger partial charge in [0.15, 0.2) is 5.13 Å². The number of anilines is 1. The SMILES string of the molecule is C=C[C@@H]1C[C@@]1(NC(=O)[C@@H]1C[C@@H](Oc2cc(-c3csc(NC(C)C)n3)nc3cc(OC)ccc23)CN1C(=O)[C@@H](NS(=O)(=O)c1cccs1)C(C)(C)C)C(=O)NNC(=O)c1cccnc1. The van der Waals surface area contributed by atoms with E-state index in [9.17, 15) is 27.6 Å². The minimum absolute atomic E-state index is 0.0264. The van der Waals surface area contributed by atoms with Crippen LogP contribution in [0.1, 0.15) is 57.8 Å². The van der Waals surface area contributed by atoms with E-state index >= 15 is 0 Å². The van der Waals surface area contributed by atoms with Gasteiger partial charge in [0.2, 0.25) is 11.8 Å². The summed E-state index contributed by atoms with van der Waals surface area (Å²) in [5.41, 5.74) is 4.19. The summed E-state index contributed by atoms with van der Waals surface area (Å²) in [7, 11) is -2.60. The Kier molecular flexibility index (Phi) is 12.9. The van der Waals surface area contributed by atoms with Crippen LogP contribution in [0.5, 0.6) is 11.5 Å². The van der Waals surface area contributed by atoms with Gasteiger partial charge in [-0.2, -0.15) is 4.72 Å². The van der Waals surface area contributed by atoms with Crippen molar-refractivity contribution in [3.05, 3.63) is 89.9 Å². The molecule has 332 valence electrons. The van der Waals surface area contributed by atoms with Crippen molar-refractivity contribution in [2.75, 3.05) is 19.0 Å². The van der Waals surface area contributed by atoms with Crippen LogP contribution in [0.3, 0.4) is 0 Å². The van der Waals surface area contributed by atoms with Gasteiger partial charge in [-0.1, -0.05) is 32.9 Å². The zero-order chi connectivity index (χ0) is 45.3. The number of rotatable bonds is 15. The van der Waals surface area contributed by atoms with Crippen LogP contribution in [-0.2, 0) is 24.4 Å². The molecular weight excluding hydrogens is 867 g/mol. The van der Waals surface area contributed by atoms with Crippen molar-refractivity contribution in [2.45, 2.75) is 81.4 Å².